The molecule has 1 aromatic carbocycles. The summed E-state index contributed by atoms with van der Waals surface area (Å²) in [6.07, 6.45) is 1.39. The van der Waals surface area contributed by atoms with Gasteiger partial charge < -0.3 is 19.8 Å². The molecular formula is C19H22FN3O4. The van der Waals surface area contributed by atoms with Gasteiger partial charge in [-0.25, -0.2) is 4.39 Å². The summed E-state index contributed by atoms with van der Waals surface area (Å²) in [7, 11) is 0. The van der Waals surface area contributed by atoms with Crippen LogP contribution in [0.15, 0.2) is 47.1 Å². The van der Waals surface area contributed by atoms with Gasteiger partial charge in [-0.2, -0.15) is 0 Å². The Morgan fingerprint density at radius 2 is 1.96 bits per heavy atom. The highest BCUT2D eigenvalue weighted by Gasteiger charge is 2.23. The van der Waals surface area contributed by atoms with Crippen molar-refractivity contribution >= 4 is 11.8 Å². The molecule has 2 amide bonds. The molecule has 0 aliphatic carbocycles. The van der Waals surface area contributed by atoms with Gasteiger partial charge >= 0.3 is 0 Å². The lowest BCUT2D eigenvalue weighted by molar-refractivity contribution is -0.120. The fourth-order valence-electron chi connectivity index (χ4n) is 2.99. The topological polar surface area (TPSA) is 83.8 Å². The zero-order chi connectivity index (χ0) is 19.1. The fourth-order valence-corrected chi connectivity index (χ4v) is 2.99. The lowest BCUT2D eigenvalue weighted by Gasteiger charge is -2.35. The highest BCUT2D eigenvalue weighted by atomic mass is 19.1. The molecule has 0 radical (unpaired) electrons. The Morgan fingerprint density at radius 3 is 2.67 bits per heavy atom. The van der Waals surface area contributed by atoms with E-state index in [0.29, 0.717) is 32.8 Å². The molecule has 0 saturated carbocycles. The van der Waals surface area contributed by atoms with Crippen LogP contribution < -0.4 is 10.6 Å². The number of halogens is 1. The molecule has 2 heterocycles. The van der Waals surface area contributed by atoms with E-state index in [4.69, 9.17) is 9.15 Å². The minimum absolute atomic E-state index is 0.147. The molecule has 2 aromatic rings. The number of hydrogen-bond acceptors (Lipinski definition) is 5. The molecule has 1 aliphatic heterocycles. The van der Waals surface area contributed by atoms with Gasteiger partial charge in [-0.3, -0.25) is 14.5 Å². The van der Waals surface area contributed by atoms with Crippen LogP contribution in [0.2, 0.25) is 0 Å². The van der Waals surface area contributed by atoms with Crippen LogP contribution in [0.25, 0.3) is 0 Å². The molecule has 144 valence electrons. The summed E-state index contributed by atoms with van der Waals surface area (Å²) in [4.78, 5) is 26.1. The molecule has 0 bridgehead atoms. The molecule has 1 fully saturated rings. The number of nitrogens with one attached hydrogen (secondary N) is 2. The zero-order valence-corrected chi connectivity index (χ0v) is 14.8. The van der Waals surface area contributed by atoms with E-state index in [-0.39, 0.29) is 30.1 Å². The van der Waals surface area contributed by atoms with E-state index < -0.39 is 5.91 Å². The third-order valence-corrected chi connectivity index (χ3v) is 4.37. The van der Waals surface area contributed by atoms with Crippen molar-refractivity contribution < 1.29 is 23.1 Å². The zero-order valence-electron chi connectivity index (χ0n) is 14.8. The van der Waals surface area contributed by atoms with Crippen LogP contribution in [0.5, 0.6) is 0 Å². The number of amides is 2. The number of carbonyl (C=O) groups is 2. The van der Waals surface area contributed by atoms with Crippen LogP contribution >= 0.6 is 0 Å². The van der Waals surface area contributed by atoms with Gasteiger partial charge in [0, 0.05) is 19.6 Å². The van der Waals surface area contributed by atoms with Gasteiger partial charge in [-0.15, -0.1) is 0 Å². The first-order valence-corrected chi connectivity index (χ1v) is 8.79. The first-order chi connectivity index (χ1) is 13.1. The van der Waals surface area contributed by atoms with Crippen molar-refractivity contribution in [1.29, 1.82) is 0 Å². The van der Waals surface area contributed by atoms with Crippen molar-refractivity contribution in [3.8, 4) is 0 Å². The van der Waals surface area contributed by atoms with Gasteiger partial charge in [0.1, 0.15) is 5.82 Å². The van der Waals surface area contributed by atoms with Gasteiger partial charge in [0.2, 0.25) is 5.91 Å². The summed E-state index contributed by atoms with van der Waals surface area (Å²) in [6.45, 7) is 2.73. The van der Waals surface area contributed by atoms with E-state index in [9.17, 15) is 14.0 Å². The smallest absolute Gasteiger partial charge is 0.287 e. The summed E-state index contributed by atoms with van der Waals surface area (Å²) >= 11 is 0. The second-order valence-electron chi connectivity index (χ2n) is 6.18. The average Bonchev–Trinajstić information content (AvgIpc) is 3.22. The van der Waals surface area contributed by atoms with Crippen molar-refractivity contribution in [1.82, 2.24) is 15.5 Å². The van der Waals surface area contributed by atoms with Crippen LogP contribution in [-0.4, -0.2) is 56.1 Å². The lowest BCUT2D eigenvalue weighted by Crippen LogP contribution is -2.45. The Bertz CT molecular complexity index is 760. The van der Waals surface area contributed by atoms with Crippen molar-refractivity contribution in [2.24, 2.45) is 0 Å². The third kappa shape index (κ3) is 5.38. The summed E-state index contributed by atoms with van der Waals surface area (Å²) in [5.41, 5.74) is 0.789. The van der Waals surface area contributed by atoms with E-state index in [1.165, 1.54) is 24.5 Å². The molecule has 0 unspecified atom stereocenters. The number of furan rings is 1. The van der Waals surface area contributed by atoms with E-state index in [2.05, 4.69) is 15.5 Å². The van der Waals surface area contributed by atoms with Crippen molar-refractivity contribution in [2.45, 2.75) is 6.04 Å². The minimum Gasteiger partial charge on any atom is -0.459 e. The first-order valence-electron chi connectivity index (χ1n) is 8.79. The number of benzene rings is 1. The Labute approximate surface area is 156 Å². The Balaban J connectivity index is 1.57. The Morgan fingerprint density at radius 1 is 1.15 bits per heavy atom. The van der Waals surface area contributed by atoms with Crippen molar-refractivity contribution in [3.63, 3.8) is 0 Å². The van der Waals surface area contributed by atoms with Gasteiger partial charge in [-0.1, -0.05) is 12.1 Å². The monoisotopic (exact) mass is 375 g/mol. The minimum atomic E-state index is -0.454. The maximum absolute atomic E-state index is 13.7. The van der Waals surface area contributed by atoms with Crippen LogP contribution in [0, 0.1) is 5.82 Å². The van der Waals surface area contributed by atoms with E-state index in [1.54, 1.807) is 12.1 Å². The number of nitrogens with zero attached hydrogens (tertiary/aromatic N) is 1. The fraction of sp³-hybridized carbons (Fsp3) is 0.368. The van der Waals surface area contributed by atoms with Crippen LogP contribution in [0.1, 0.15) is 22.2 Å². The second-order valence-corrected chi connectivity index (χ2v) is 6.18. The first kappa shape index (κ1) is 19.1. The predicted molar refractivity (Wildman–Crippen MR) is 95.6 cm³/mol. The van der Waals surface area contributed by atoms with Gasteiger partial charge in [0.25, 0.3) is 5.91 Å². The highest BCUT2D eigenvalue weighted by molar-refractivity contribution is 5.94. The maximum atomic E-state index is 13.7. The molecule has 7 nitrogen and oxygen atoms in total. The molecule has 1 atom stereocenters. The largest absolute Gasteiger partial charge is 0.459 e. The van der Waals surface area contributed by atoms with Gasteiger partial charge in [0.05, 0.1) is 32.1 Å². The lowest BCUT2D eigenvalue weighted by atomic mass is 10.0. The average molecular weight is 375 g/mol. The summed E-state index contributed by atoms with van der Waals surface area (Å²) in [6, 6.07) is 9.31. The maximum Gasteiger partial charge on any atom is 0.287 e. The molecule has 1 aromatic heterocycles. The quantitative estimate of drug-likeness (QED) is 0.763. The second kappa shape index (κ2) is 9.29. The summed E-state index contributed by atoms with van der Waals surface area (Å²) in [5.74, 6) is -0.953. The van der Waals surface area contributed by atoms with E-state index in [1.807, 2.05) is 6.07 Å². The normalized spacial score (nSPS) is 15.9. The van der Waals surface area contributed by atoms with Gasteiger partial charge in [0.15, 0.2) is 5.76 Å². The Hall–Kier alpha value is -2.71. The van der Waals surface area contributed by atoms with Crippen LogP contribution in [-0.2, 0) is 9.53 Å². The number of morpholine rings is 1. The van der Waals surface area contributed by atoms with Gasteiger partial charge in [-0.05, 0) is 29.8 Å². The number of ether oxygens (including phenoxy) is 1. The summed E-state index contributed by atoms with van der Waals surface area (Å²) in [5, 5.41) is 5.31. The SMILES string of the molecule is O=C(CNC(=O)c1ccco1)NC[C@H](c1cccc(F)c1)N1CCOCC1. The number of hydrogen-bond donors (Lipinski definition) is 2. The molecule has 0 spiro atoms. The third-order valence-electron chi connectivity index (χ3n) is 4.37. The van der Waals surface area contributed by atoms with Crippen LogP contribution in [0.3, 0.4) is 0 Å². The van der Waals surface area contributed by atoms with Crippen molar-refractivity contribution in [3.05, 3.63) is 59.8 Å². The summed E-state index contributed by atoms with van der Waals surface area (Å²) < 4.78 is 24.0. The molecular weight excluding hydrogens is 353 g/mol. The molecule has 3 rings (SSSR count). The Kier molecular flexibility index (Phi) is 6.56. The number of rotatable bonds is 7. The molecule has 27 heavy (non-hydrogen) atoms. The van der Waals surface area contributed by atoms with E-state index in [0.717, 1.165) is 5.56 Å². The number of carbonyl (C=O) groups excluding carboxylic acids is 2. The molecule has 1 aliphatic rings. The highest BCUT2D eigenvalue weighted by Crippen LogP contribution is 2.22. The van der Waals surface area contributed by atoms with Crippen molar-refractivity contribution in [2.75, 3.05) is 39.4 Å². The molecule has 2 N–H and O–H groups in total. The predicted octanol–water partition coefficient (Wildman–Crippen LogP) is 1.34. The van der Waals surface area contributed by atoms with E-state index >= 15 is 0 Å². The standard InChI is InChI=1S/C19H22FN3O4/c20-15-4-1-3-14(11-15)16(23-6-9-26-10-7-23)12-21-18(24)13-22-19(25)17-5-2-8-27-17/h1-5,8,11,16H,6-7,9-10,12-13H2,(H,21,24)(H,22,25)/t16-/m1/s1. The van der Waals surface area contributed by atoms with Crippen LogP contribution in [0.4, 0.5) is 4.39 Å². The molecule has 1 saturated heterocycles. The molecule has 8 heteroatoms.